The predicted molar refractivity (Wildman–Crippen MR) is 88.3 cm³/mol. The lowest BCUT2D eigenvalue weighted by Crippen LogP contribution is -2.35. The number of carbonyl (C=O) groups is 2. The van der Waals surface area contributed by atoms with E-state index in [1.807, 2.05) is 0 Å². The van der Waals surface area contributed by atoms with Gasteiger partial charge in [0.1, 0.15) is 5.75 Å². The van der Waals surface area contributed by atoms with Gasteiger partial charge in [-0.25, -0.2) is 4.79 Å². The van der Waals surface area contributed by atoms with Gasteiger partial charge >= 0.3 is 6.03 Å². The number of carbonyl (C=O) groups excluding carboxylic acids is 2. The Labute approximate surface area is 138 Å². The summed E-state index contributed by atoms with van der Waals surface area (Å²) in [5.74, 6) is -0.442. The third kappa shape index (κ3) is 4.62. The lowest BCUT2D eigenvalue weighted by atomic mass is 10.0. The maximum Gasteiger partial charge on any atom is 0.312 e. The van der Waals surface area contributed by atoms with Crippen LogP contribution in [0.2, 0.25) is 5.02 Å². The van der Waals surface area contributed by atoms with E-state index < -0.39 is 18.0 Å². The molecule has 0 fully saturated rings. The SMILES string of the molecule is NC(=O)N[C@H](CC(=O)Nc1ccccc1O)c1ccccc1Cl. The molecule has 0 aromatic heterocycles. The van der Waals surface area contributed by atoms with Gasteiger partial charge in [0.05, 0.1) is 18.2 Å². The van der Waals surface area contributed by atoms with Gasteiger partial charge in [0, 0.05) is 5.02 Å². The van der Waals surface area contributed by atoms with Crippen molar-refractivity contribution in [3.63, 3.8) is 0 Å². The number of rotatable bonds is 5. The van der Waals surface area contributed by atoms with E-state index in [1.165, 1.54) is 6.07 Å². The Morgan fingerprint density at radius 1 is 1.13 bits per heavy atom. The minimum atomic E-state index is -0.759. The summed E-state index contributed by atoms with van der Waals surface area (Å²) in [5.41, 5.74) is 6.04. The van der Waals surface area contributed by atoms with Gasteiger partial charge in [-0.05, 0) is 23.8 Å². The van der Waals surface area contributed by atoms with Gasteiger partial charge in [0.25, 0.3) is 0 Å². The zero-order chi connectivity index (χ0) is 16.8. The first kappa shape index (κ1) is 16.6. The molecule has 2 rings (SSSR count). The van der Waals surface area contributed by atoms with Crippen LogP contribution in [0.15, 0.2) is 48.5 Å². The smallest absolute Gasteiger partial charge is 0.312 e. The van der Waals surface area contributed by atoms with Crippen LogP contribution in [0.1, 0.15) is 18.0 Å². The molecule has 2 aromatic rings. The Kier molecular flexibility index (Phi) is 5.43. The van der Waals surface area contributed by atoms with E-state index in [0.717, 1.165) is 0 Å². The second-order valence-corrected chi connectivity index (χ2v) is 5.26. The number of phenolic OH excluding ortho intramolecular Hbond substituents is 1. The highest BCUT2D eigenvalue weighted by Gasteiger charge is 2.20. The Morgan fingerprint density at radius 3 is 2.43 bits per heavy atom. The summed E-state index contributed by atoms with van der Waals surface area (Å²) in [6.07, 6.45) is -0.0823. The molecule has 7 heteroatoms. The van der Waals surface area contributed by atoms with Crippen LogP contribution in [-0.2, 0) is 4.79 Å². The van der Waals surface area contributed by atoms with E-state index in [2.05, 4.69) is 10.6 Å². The Bertz CT molecular complexity index is 721. The van der Waals surface area contributed by atoms with Crippen LogP contribution < -0.4 is 16.4 Å². The van der Waals surface area contributed by atoms with Crippen molar-refractivity contribution in [3.05, 3.63) is 59.1 Å². The van der Waals surface area contributed by atoms with Crippen molar-refractivity contribution >= 4 is 29.2 Å². The van der Waals surface area contributed by atoms with Crippen molar-refractivity contribution in [2.45, 2.75) is 12.5 Å². The summed E-state index contributed by atoms with van der Waals surface area (Å²) in [4.78, 5) is 23.4. The zero-order valence-electron chi connectivity index (χ0n) is 12.1. The first-order valence-electron chi connectivity index (χ1n) is 6.85. The fourth-order valence-electron chi connectivity index (χ4n) is 2.13. The molecule has 0 aliphatic heterocycles. The average Bonchev–Trinajstić information content (AvgIpc) is 2.49. The number of anilines is 1. The summed E-state index contributed by atoms with van der Waals surface area (Å²) in [6, 6.07) is 11.8. The lowest BCUT2D eigenvalue weighted by Gasteiger charge is -2.19. The quantitative estimate of drug-likeness (QED) is 0.632. The standard InChI is InChI=1S/C16H16ClN3O3/c17-11-6-2-1-5-10(11)13(20-16(18)23)9-15(22)19-12-7-3-4-8-14(12)21/h1-8,13,21H,9H2,(H,19,22)(H3,18,20,23)/t13-/m1/s1. The van der Waals surface area contributed by atoms with Gasteiger partial charge in [-0.2, -0.15) is 0 Å². The maximum absolute atomic E-state index is 12.2. The van der Waals surface area contributed by atoms with Gasteiger partial charge in [0.15, 0.2) is 0 Å². The summed E-state index contributed by atoms with van der Waals surface area (Å²) in [5, 5.41) is 15.2. The number of benzene rings is 2. The molecule has 0 aliphatic carbocycles. The van der Waals surface area contributed by atoms with Crippen LogP contribution in [0.25, 0.3) is 0 Å². The molecule has 2 aromatic carbocycles. The number of nitrogens with two attached hydrogens (primary N) is 1. The summed E-state index contributed by atoms with van der Waals surface area (Å²) < 4.78 is 0. The third-order valence-electron chi connectivity index (χ3n) is 3.16. The van der Waals surface area contributed by atoms with Crippen molar-refractivity contribution < 1.29 is 14.7 Å². The highest BCUT2D eigenvalue weighted by Crippen LogP contribution is 2.27. The number of phenols is 1. The largest absolute Gasteiger partial charge is 0.506 e. The molecule has 0 heterocycles. The van der Waals surface area contributed by atoms with E-state index in [1.54, 1.807) is 42.5 Å². The number of halogens is 1. The number of aromatic hydroxyl groups is 1. The molecular formula is C16H16ClN3O3. The number of primary amides is 1. The fraction of sp³-hybridized carbons (Fsp3) is 0.125. The maximum atomic E-state index is 12.2. The van der Waals surface area contributed by atoms with Crippen molar-refractivity contribution in [1.29, 1.82) is 0 Å². The number of nitrogens with one attached hydrogen (secondary N) is 2. The molecule has 0 saturated heterocycles. The van der Waals surface area contributed by atoms with E-state index in [4.69, 9.17) is 17.3 Å². The van der Waals surface area contributed by atoms with Crippen LogP contribution in [0.5, 0.6) is 5.75 Å². The van der Waals surface area contributed by atoms with Crippen LogP contribution >= 0.6 is 11.6 Å². The summed E-state index contributed by atoms with van der Waals surface area (Å²) in [7, 11) is 0. The fourth-order valence-corrected chi connectivity index (χ4v) is 2.40. The molecule has 6 nitrogen and oxygen atoms in total. The van der Waals surface area contributed by atoms with Gasteiger partial charge in [0.2, 0.25) is 5.91 Å². The van der Waals surface area contributed by atoms with Gasteiger partial charge < -0.3 is 21.5 Å². The normalized spacial score (nSPS) is 11.5. The van der Waals surface area contributed by atoms with Gasteiger partial charge in [-0.3, -0.25) is 4.79 Å². The molecule has 0 saturated carbocycles. The summed E-state index contributed by atoms with van der Waals surface area (Å²) >= 11 is 6.11. The highest BCUT2D eigenvalue weighted by molar-refractivity contribution is 6.31. The first-order chi connectivity index (χ1) is 11.0. The van der Waals surface area contributed by atoms with Gasteiger partial charge in [-0.1, -0.05) is 41.9 Å². The van der Waals surface area contributed by atoms with Crippen molar-refractivity contribution in [3.8, 4) is 5.75 Å². The lowest BCUT2D eigenvalue weighted by molar-refractivity contribution is -0.116. The van der Waals surface area contributed by atoms with E-state index in [0.29, 0.717) is 10.6 Å². The average molecular weight is 334 g/mol. The molecule has 1 atom stereocenters. The zero-order valence-corrected chi connectivity index (χ0v) is 12.9. The van der Waals surface area contributed by atoms with E-state index in [-0.39, 0.29) is 17.9 Å². The Hall–Kier alpha value is -2.73. The highest BCUT2D eigenvalue weighted by atomic mass is 35.5. The molecule has 0 aliphatic rings. The molecule has 0 bridgehead atoms. The monoisotopic (exact) mass is 333 g/mol. The summed E-state index contributed by atoms with van der Waals surface area (Å²) in [6.45, 7) is 0. The molecule has 120 valence electrons. The Morgan fingerprint density at radius 2 is 1.78 bits per heavy atom. The van der Waals surface area contributed by atoms with Crippen molar-refractivity contribution in [1.82, 2.24) is 5.32 Å². The van der Waals surface area contributed by atoms with Crippen molar-refractivity contribution in [2.24, 2.45) is 5.73 Å². The molecular weight excluding hydrogens is 318 g/mol. The van der Waals surface area contributed by atoms with Crippen LogP contribution in [-0.4, -0.2) is 17.0 Å². The molecule has 23 heavy (non-hydrogen) atoms. The topological polar surface area (TPSA) is 104 Å². The molecule has 0 radical (unpaired) electrons. The number of urea groups is 1. The predicted octanol–water partition coefficient (Wildman–Crippen LogP) is 2.78. The van der Waals surface area contributed by atoms with E-state index >= 15 is 0 Å². The number of amides is 3. The van der Waals surface area contributed by atoms with Gasteiger partial charge in [-0.15, -0.1) is 0 Å². The second kappa shape index (κ2) is 7.51. The molecule has 5 N–H and O–H groups in total. The van der Waals surface area contributed by atoms with E-state index in [9.17, 15) is 14.7 Å². The van der Waals surface area contributed by atoms with Crippen molar-refractivity contribution in [2.75, 3.05) is 5.32 Å². The first-order valence-corrected chi connectivity index (χ1v) is 7.23. The van der Waals surface area contributed by atoms with Crippen LogP contribution in [0, 0.1) is 0 Å². The molecule has 3 amide bonds. The number of hydrogen-bond donors (Lipinski definition) is 4. The minimum Gasteiger partial charge on any atom is -0.506 e. The van der Waals surface area contributed by atoms with Crippen LogP contribution in [0.4, 0.5) is 10.5 Å². The third-order valence-corrected chi connectivity index (χ3v) is 3.51. The Balaban J connectivity index is 2.15. The molecule has 0 spiro atoms. The minimum absolute atomic E-state index is 0.0435. The van der Waals surface area contributed by atoms with Crippen LogP contribution in [0.3, 0.4) is 0 Å². The second-order valence-electron chi connectivity index (χ2n) is 4.85. The molecule has 0 unspecified atom stereocenters. The number of para-hydroxylation sites is 2. The number of hydrogen-bond acceptors (Lipinski definition) is 3.